The Balaban J connectivity index is 2.00. The fourth-order valence-electron chi connectivity index (χ4n) is 3.84. The number of rotatable bonds is 4. The zero-order chi connectivity index (χ0) is 14.6. The summed E-state index contributed by atoms with van der Waals surface area (Å²) >= 11 is 0. The Morgan fingerprint density at radius 1 is 1.15 bits per heavy atom. The van der Waals surface area contributed by atoms with Gasteiger partial charge in [-0.15, -0.1) is 0 Å². The summed E-state index contributed by atoms with van der Waals surface area (Å²) in [6, 6.07) is 0.298. The van der Waals surface area contributed by atoms with E-state index in [-0.39, 0.29) is 12.1 Å². The predicted octanol–water partition coefficient (Wildman–Crippen LogP) is 3.57. The van der Waals surface area contributed by atoms with Crippen LogP contribution in [0, 0.1) is 5.92 Å². The standard InChI is InChI=1S/C15H27F3N2/c1-2-6-13-10-20(11-15(16,17)18)14(9-19-13)12-7-4-3-5-8-12/h12-14,19H,2-11H2,1H3. The number of halogens is 3. The SMILES string of the molecule is CCCC1CN(CC(F)(F)F)C(C2CCCCC2)CN1. The third kappa shape index (κ3) is 4.62. The van der Waals surface area contributed by atoms with Crippen LogP contribution in [0.2, 0.25) is 0 Å². The van der Waals surface area contributed by atoms with Gasteiger partial charge in [-0.05, 0) is 25.2 Å². The quantitative estimate of drug-likeness (QED) is 0.852. The topological polar surface area (TPSA) is 15.3 Å². The first-order chi connectivity index (χ1) is 9.49. The van der Waals surface area contributed by atoms with Crippen molar-refractivity contribution in [1.29, 1.82) is 0 Å². The molecule has 2 unspecified atom stereocenters. The normalized spacial score (nSPS) is 30.6. The second kappa shape index (κ2) is 7.12. The van der Waals surface area contributed by atoms with Crippen LogP contribution in [-0.2, 0) is 0 Å². The third-order valence-electron chi connectivity index (χ3n) is 4.75. The maximum Gasteiger partial charge on any atom is 0.401 e. The highest BCUT2D eigenvalue weighted by molar-refractivity contribution is 4.91. The van der Waals surface area contributed by atoms with Crippen molar-refractivity contribution in [3.63, 3.8) is 0 Å². The molecule has 2 rings (SSSR count). The fourth-order valence-corrected chi connectivity index (χ4v) is 3.84. The summed E-state index contributed by atoms with van der Waals surface area (Å²) < 4.78 is 38.5. The fraction of sp³-hybridized carbons (Fsp3) is 1.00. The molecule has 1 aliphatic heterocycles. The lowest BCUT2D eigenvalue weighted by Crippen LogP contribution is -2.60. The first kappa shape index (κ1) is 16.1. The van der Waals surface area contributed by atoms with Crippen LogP contribution >= 0.6 is 0 Å². The molecule has 0 spiro atoms. The molecule has 1 saturated heterocycles. The van der Waals surface area contributed by atoms with E-state index in [4.69, 9.17) is 0 Å². The van der Waals surface area contributed by atoms with E-state index in [9.17, 15) is 13.2 Å². The van der Waals surface area contributed by atoms with E-state index in [1.165, 1.54) is 19.3 Å². The molecule has 0 aromatic rings. The smallest absolute Gasteiger partial charge is 0.311 e. The monoisotopic (exact) mass is 292 g/mol. The Hall–Kier alpha value is -0.290. The minimum atomic E-state index is -4.08. The van der Waals surface area contributed by atoms with Crippen molar-refractivity contribution in [2.75, 3.05) is 19.6 Å². The van der Waals surface area contributed by atoms with E-state index in [2.05, 4.69) is 12.2 Å². The molecule has 0 bridgehead atoms. The Labute approximate surface area is 120 Å². The van der Waals surface area contributed by atoms with Crippen LogP contribution in [0.1, 0.15) is 51.9 Å². The predicted molar refractivity (Wildman–Crippen MR) is 74.7 cm³/mol. The lowest BCUT2D eigenvalue weighted by Gasteiger charge is -2.45. The van der Waals surface area contributed by atoms with Gasteiger partial charge in [0.25, 0.3) is 0 Å². The number of nitrogens with zero attached hydrogens (tertiary/aromatic N) is 1. The Morgan fingerprint density at radius 3 is 2.45 bits per heavy atom. The number of hydrogen-bond acceptors (Lipinski definition) is 2. The number of hydrogen-bond donors (Lipinski definition) is 1. The highest BCUT2D eigenvalue weighted by Crippen LogP contribution is 2.32. The molecule has 1 N–H and O–H groups in total. The highest BCUT2D eigenvalue weighted by atomic mass is 19.4. The summed E-state index contributed by atoms with van der Waals surface area (Å²) in [4.78, 5) is 1.72. The van der Waals surface area contributed by atoms with Gasteiger partial charge in [0, 0.05) is 25.2 Å². The molecular formula is C15H27F3N2. The molecule has 2 fully saturated rings. The molecule has 5 heteroatoms. The van der Waals surface area contributed by atoms with Crippen molar-refractivity contribution < 1.29 is 13.2 Å². The molecule has 2 atom stereocenters. The molecule has 0 radical (unpaired) electrons. The summed E-state index contributed by atoms with van der Waals surface area (Å²) in [7, 11) is 0. The van der Waals surface area contributed by atoms with Crippen LogP contribution in [0.5, 0.6) is 0 Å². The van der Waals surface area contributed by atoms with Crippen LogP contribution < -0.4 is 5.32 Å². The summed E-state index contributed by atoms with van der Waals surface area (Å²) in [6.45, 7) is 2.62. The maximum absolute atomic E-state index is 12.8. The van der Waals surface area contributed by atoms with Gasteiger partial charge in [0.1, 0.15) is 0 Å². The highest BCUT2D eigenvalue weighted by Gasteiger charge is 2.39. The van der Waals surface area contributed by atoms with Gasteiger partial charge in [-0.3, -0.25) is 4.90 Å². The van der Waals surface area contributed by atoms with Gasteiger partial charge < -0.3 is 5.32 Å². The van der Waals surface area contributed by atoms with Gasteiger partial charge in [0.05, 0.1) is 6.54 Å². The Bertz CT molecular complexity index is 287. The van der Waals surface area contributed by atoms with Gasteiger partial charge in [0.15, 0.2) is 0 Å². The zero-order valence-electron chi connectivity index (χ0n) is 12.4. The Morgan fingerprint density at radius 2 is 1.85 bits per heavy atom. The van der Waals surface area contributed by atoms with E-state index in [0.29, 0.717) is 12.5 Å². The van der Waals surface area contributed by atoms with Gasteiger partial charge in [0.2, 0.25) is 0 Å². The minimum absolute atomic E-state index is 0.0741. The second-order valence-electron chi connectivity index (χ2n) is 6.40. The molecule has 2 aliphatic rings. The average Bonchev–Trinajstić information content (AvgIpc) is 2.38. The van der Waals surface area contributed by atoms with E-state index in [0.717, 1.165) is 32.2 Å². The maximum atomic E-state index is 12.8. The number of piperazine rings is 1. The van der Waals surface area contributed by atoms with Crippen molar-refractivity contribution >= 4 is 0 Å². The minimum Gasteiger partial charge on any atom is -0.311 e. The molecule has 2 nitrogen and oxygen atoms in total. The van der Waals surface area contributed by atoms with Gasteiger partial charge in [-0.1, -0.05) is 32.6 Å². The second-order valence-corrected chi connectivity index (χ2v) is 6.40. The van der Waals surface area contributed by atoms with Gasteiger partial charge >= 0.3 is 6.18 Å². The Kier molecular flexibility index (Phi) is 5.73. The number of alkyl halides is 3. The van der Waals surface area contributed by atoms with Gasteiger partial charge in [-0.25, -0.2) is 0 Å². The van der Waals surface area contributed by atoms with E-state index >= 15 is 0 Å². The molecule has 1 saturated carbocycles. The van der Waals surface area contributed by atoms with Crippen molar-refractivity contribution in [3.05, 3.63) is 0 Å². The summed E-state index contributed by atoms with van der Waals surface area (Å²) in [6.07, 6.45) is 3.70. The van der Waals surface area contributed by atoms with Crippen LogP contribution in [0.25, 0.3) is 0 Å². The van der Waals surface area contributed by atoms with Crippen LogP contribution in [0.4, 0.5) is 13.2 Å². The molecule has 118 valence electrons. The van der Waals surface area contributed by atoms with Crippen LogP contribution in [0.15, 0.2) is 0 Å². The van der Waals surface area contributed by atoms with Crippen LogP contribution in [0.3, 0.4) is 0 Å². The van der Waals surface area contributed by atoms with Gasteiger partial charge in [-0.2, -0.15) is 13.2 Å². The van der Waals surface area contributed by atoms with Crippen molar-refractivity contribution in [2.45, 2.75) is 70.1 Å². The van der Waals surface area contributed by atoms with E-state index in [1.807, 2.05) is 0 Å². The first-order valence-electron chi connectivity index (χ1n) is 8.04. The number of nitrogens with one attached hydrogen (secondary N) is 1. The summed E-state index contributed by atoms with van der Waals surface area (Å²) in [5.74, 6) is 0.446. The zero-order valence-corrected chi connectivity index (χ0v) is 12.4. The molecule has 0 aromatic heterocycles. The lowest BCUT2D eigenvalue weighted by molar-refractivity contribution is -0.157. The van der Waals surface area contributed by atoms with Crippen molar-refractivity contribution in [3.8, 4) is 0 Å². The molecule has 0 amide bonds. The van der Waals surface area contributed by atoms with E-state index < -0.39 is 12.7 Å². The van der Waals surface area contributed by atoms with Crippen molar-refractivity contribution in [1.82, 2.24) is 10.2 Å². The molecule has 1 aliphatic carbocycles. The van der Waals surface area contributed by atoms with Crippen molar-refractivity contribution in [2.24, 2.45) is 5.92 Å². The molecule has 20 heavy (non-hydrogen) atoms. The summed E-state index contributed by atoms with van der Waals surface area (Å²) in [5, 5.41) is 3.47. The third-order valence-corrected chi connectivity index (χ3v) is 4.75. The first-order valence-corrected chi connectivity index (χ1v) is 8.04. The van der Waals surface area contributed by atoms with Crippen LogP contribution in [-0.4, -0.2) is 42.8 Å². The van der Waals surface area contributed by atoms with E-state index in [1.54, 1.807) is 4.90 Å². The average molecular weight is 292 g/mol. The molecule has 1 heterocycles. The molecule has 0 aromatic carbocycles. The largest absolute Gasteiger partial charge is 0.401 e. The lowest BCUT2D eigenvalue weighted by atomic mass is 9.82. The molecular weight excluding hydrogens is 265 g/mol. The summed E-state index contributed by atoms with van der Waals surface area (Å²) in [5.41, 5.74) is 0.